The summed E-state index contributed by atoms with van der Waals surface area (Å²) < 4.78 is 17.4. The lowest BCUT2D eigenvalue weighted by Crippen LogP contribution is -2.28. The summed E-state index contributed by atoms with van der Waals surface area (Å²) in [5, 5.41) is 2.80. The van der Waals surface area contributed by atoms with Gasteiger partial charge in [0.1, 0.15) is 5.75 Å². The van der Waals surface area contributed by atoms with Crippen LogP contribution in [0.3, 0.4) is 0 Å². The van der Waals surface area contributed by atoms with Gasteiger partial charge in [0.05, 0.1) is 23.8 Å². The fraction of sp³-hybridized carbons (Fsp3) is 0.233. The number of rotatable bonds is 10. The lowest BCUT2D eigenvalue weighted by atomic mass is 10.1. The number of aryl methyl sites for hydroxylation is 2. The van der Waals surface area contributed by atoms with E-state index < -0.39 is 0 Å². The number of nitrogens with one attached hydrogen (secondary N) is 1. The van der Waals surface area contributed by atoms with Crippen molar-refractivity contribution in [1.82, 2.24) is 0 Å². The molecule has 1 N–H and O–H groups in total. The zero-order valence-corrected chi connectivity index (χ0v) is 23.9. The summed E-state index contributed by atoms with van der Waals surface area (Å²) >= 11 is 6.80. The Morgan fingerprint density at radius 2 is 1.69 bits per heavy atom. The molecule has 9 heteroatoms. The quantitative estimate of drug-likeness (QED) is 0.223. The van der Waals surface area contributed by atoms with Gasteiger partial charge in [-0.1, -0.05) is 47.7 Å². The van der Waals surface area contributed by atoms with Gasteiger partial charge >= 0.3 is 0 Å². The number of hydrogen-bond donors (Lipinski definition) is 1. The molecule has 0 bridgehead atoms. The normalized spacial score (nSPS) is 14.1. The molecule has 4 rings (SSSR count). The van der Waals surface area contributed by atoms with Gasteiger partial charge in [0.25, 0.3) is 11.8 Å². The van der Waals surface area contributed by atoms with E-state index in [-0.39, 0.29) is 18.4 Å². The van der Waals surface area contributed by atoms with Crippen molar-refractivity contribution in [3.8, 4) is 17.2 Å². The highest BCUT2D eigenvalue weighted by Crippen LogP contribution is 2.38. The van der Waals surface area contributed by atoms with Crippen LogP contribution in [0.25, 0.3) is 6.08 Å². The Kier molecular flexibility index (Phi) is 9.27. The fourth-order valence-corrected chi connectivity index (χ4v) is 5.31. The van der Waals surface area contributed by atoms with Crippen molar-refractivity contribution < 1.29 is 23.8 Å². The zero-order valence-electron chi connectivity index (χ0n) is 22.3. The summed E-state index contributed by atoms with van der Waals surface area (Å²) in [4.78, 5) is 27.8. The standard InChI is InChI=1S/C30H30N2O5S2/c1-5-35-23-11-9-22(10-12-23)31-28(33)18-37-25-14-8-21(16-26(25)36-6-2)17-27-29(34)32(30(38)39-27)24-13-7-19(3)15-20(24)4/h7-17H,5-6,18H2,1-4H3,(H,31,33)/b27-17-. The minimum Gasteiger partial charge on any atom is -0.494 e. The molecule has 1 fully saturated rings. The molecule has 0 atom stereocenters. The van der Waals surface area contributed by atoms with E-state index in [0.29, 0.717) is 39.6 Å². The molecular formula is C30H30N2O5S2. The largest absolute Gasteiger partial charge is 0.494 e. The van der Waals surface area contributed by atoms with Crippen molar-refractivity contribution in [2.24, 2.45) is 0 Å². The molecule has 202 valence electrons. The average molecular weight is 563 g/mol. The predicted molar refractivity (Wildman–Crippen MR) is 161 cm³/mol. The van der Waals surface area contributed by atoms with Crippen LogP contribution in [0.5, 0.6) is 17.2 Å². The lowest BCUT2D eigenvalue weighted by molar-refractivity contribution is -0.118. The Bertz CT molecular complexity index is 1420. The molecule has 1 saturated heterocycles. The van der Waals surface area contributed by atoms with E-state index in [2.05, 4.69) is 5.32 Å². The highest BCUT2D eigenvalue weighted by molar-refractivity contribution is 8.27. The first-order valence-corrected chi connectivity index (χ1v) is 13.8. The van der Waals surface area contributed by atoms with Crippen LogP contribution in [0, 0.1) is 13.8 Å². The van der Waals surface area contributed by atoms with Gasteiger partial charge in [-0.25, -0.2) is 0 Å². The molecule has 1 aliphatic heterocycles. The molecule has 1 aliphatic rings. The highest BCUT2D eigenvalue weighted by atomic mass is 32.2. The molecular weight excluding hydrogens is 532 g/mol. The fourth-order valence-electron chi connectivity index (χ4n) is 4.03. The molecule has 0 aliphatic carbocycles. The summed E-state index contributed by atoms with van der Waals surface area (Å²) in [5.41, 5.74) is 4.29. The number of amides is 2. The van der Waals surface area contributed by atoms with E-state index >= 15 is 0 Å². The number of anilines is 2. The van der Waals surface area contributed by atoms with Crippen LogP contribution < -0.4 is 24.4 Å². The molecule has 3 aromatic carbocycles. The molecule has 0 aromatic heterocycles. The van der Waals surface area contributed by atoms with Crippen LogP contribution in [0.2, 0.25) is 0 Å². The van der Waals surface area contributed by atoms with Crippen LogP contribution in [-0.2, 0) is 9.59 Å². The van der Waals surface area contributed by atoms with Crippen molar-refractivity contribution in [3.05, 3.63) is 82.3 Å². The molecule has 1 heterocycles. The van der Waals surface area contributed by atoms with Gasteiger partial charge in [-0.05, 0) is 87.4 Å². The Morgan fingerprint density at radius 3 is 2.38 bits per heavy atom. The van der Waals surface area contributed by atoms with E-state index in [1.165, 1.54) is 11.8 Å². The summed E-state index contributed by atoms with van der Waals surface area (Å²) in [5.74, 6) is 1.17. The first-order valence-electron chi connectivity index (χ1n) is 12.6. The summed E-state index contributed by atoms with van der Waals surface area (Å²) in [6.07, 6.45) is 1.79. The number of thiocarbonyl (C=S) groups is 1. The molecule has 0 unspecified atom stereocenters. The van der Waals surface area contributed by atoms with E-state index in [0.717, 1.165) is 28.1 Å². The number of carbonyl (C=O) groups excluding carboxylic acids is 2. The monoisotopic (exact) mass is 562 g/mol. The third kappa shape index (κ3) is 6.99. The smallest absolute Gasteiger partial charge is 0.270 e. The second-order valence-corrected chi connectivity index (χ2v) is 10.4. The number of ether oxygens (including phenoxy) is 3. The minimum atomic E-state index is -0.305. The summed E-state index contributed by atoms with van der Waals surface area (Å²) in [6, 6.07) is 18.4. The minimum absolute atomic E-state index is 0.166. The molecule has 3 aromatic rings. The maximum atomic E-state index is 13.3. The number of thioether (sulfide) groups is 1. The third-order valence-corrected chi connectivity index (χ3v) is 7.06. The molecule has 2 amide bonds. The van der Waals surface area contributed by atoms with Gasteiger partial charge in [0.15, 0.2) is 22.4 Å². The maximum absolute atomic E-state index is 13.3. The van der Waals surface area contributed by atoms with Crippen LogP contribution in [0.15, 0.2) is 65.6 Å². The second-order valence-electron chi connectivity index (χ2n) is 8.74. The average Bonchev–Trinajstić information content (AvgIpc) is 3.17. The molecule has 7 nitrogen and oxygen atoms in total. The number of nitrogens with zero attached hydrogens (tertiary/aromatic N) is 1. The number of carbonyl (C=O) groups is 2. The number of hydrogen-bond acceptors (Lipinski definition) is 7. The molecule has 0 spiro atoms. The van der Waals surface area contributed by atoms with E-state index in [1.807, 2.05) is 52.0 Å². The van der Waals surface area contributed by atoms with Crippen LogP contribution in [0.1, 0.15) is 30.5 Å². The van der Waals surface area contributed by atoms with Crippen LogP contribution >= 0.6 is 24.0 Å². The second kappa shape index (κ2) is 12.8. The van der Waals surface area contributed by atoms with Gasteiger partial charge in [0, 0.05) is 5.69 Å². The zero-order chi connectivity index (χ0) is 27.9. The van der Waals surface area contributed by atoms with Gasteiger partial charge in [-0.3, -0.25) is 14.5 Å². The summed E-state index contributed by atoms with van der Waals surface area (Å²) in [6.45, 7) is 8.55. The Balaban J connectivity index is 1.45. The van der Waals surface area contributed by atoms with Crippen molar-refractivity contribution >= 4 is 57.6 Å². The number of benzene rings is 3. The molecule has 0 saturated carbocycles. The summed E-state index contributed by atoms with van der Waals surface area (Å²) in [7, 11) is 0. The maximum Gasteiger partial charge on any atom is 0.270 e. The van der Waals surface area contributed by atoms with Gasteiger partial charge in [-0.15, -0.1) is 0 Å². The highest BCUT2D eigenvalue weighted by Gasteiger charge is 2.34. The van der Waals surface area contributed by atoms with Gasteiger partial charge < -0.3 is 19.5 Å². The third-order valence-electron chi connectivity index (χ3n) is 5.76. The lowest BCUT2D eigenvalue weighted by Gasteiger charge is -2.17. The topological polar surface area (TPSA) is 77.1 Å². The van der Waals surface area contributed by atoms with Crippen molar-refractivity contribution in [2.75, 3.05) is 30.0 Å². The van der Waals surface area contributed by atoms with Crippen molar-refractivity contribution in [3.63, 3.8) is 0 Å². The van der Waals surface area contributed by atoms with Crippen molar-refractivity contribution in [2.45, 2.75) is 27.7 Å². The van der Waals surface area contributed by atoms with E-state index in [1.54, 1.807) is 47.4 Å². The van der Waals surface area contributed by atoms with Gasteiger partial charge in [-0.2, -0.15) is 0 Å². The molecule has 39 heavy (non-hydrogen) atoms. The first kappa shape index (κ1) is 28.2. The molecule has 0 radical (unpaired) electrons. The van der Waals surface area contributed by atoms with Crippen molar-refractivity contribution in [1.29, 1.82) is 0 Å². The Hall–Kier alpha value is -3.82. The van der Waals surface area contributed by atoms with Crippen LogP contribution in [0.4, 0.5) is 11.4 Å². The van der Waals surface area contributed by atoms with E-state index in [4.69, 9.17) is 26.4 Å². The SMILES string of the molecule is CCOc1ccc(NC(=O)COc2ccc(/C=C3\SC(=S)N(c4ccc(C)cc4C)C3=O)cc2OCC)cc1. The Morgan fingerprint density at radius 1 is 0.949 bits per heavy atom. The predicted octanol–water partition coefficient (Wildman–Crippen LogP) is 6.52. The Labute approximate surface area is 238 Å². The van der Waals surface area contributed by atoms with Crippen LogP contribution in [-0.4, -0.2) is 36.0 Å². The van der Waals surface area contributed by atoms with Gasteiger partial charge in [0.2, 0.25) is 0 Å². The first-order chi connectivity index (χ1) is 18.8. The van der Waals surface area contributed by atoms with E-state index in [9.17, 15) is 9.59 Å².